The molecular weight excluding hydrogens is 256 g/mol. The van der Waals surface area contributed by atoms with Gasteiger partial charge >= 0.3 is 5.97 Å². The molecule has 1 heterocycles. The summed E-state index contributed by atoms with van der Waals surface area (Å²) in [6, 6.07) is 10.5. The third kappa shape index (κ3) is 2.88. The summed E-state index contributed by atoms with van der Waals surface area (Å²) in [5, 5.41) is 0. The molecule has 0 aliphatic rings. The predicted octanol–water partition coefficient (Wildman–Crippen LogP) is 1.81. The van der Waals surface area contributed by atoms with Gasteiger partial charge in [-0.3, -0.25) is 4.79 Å². The summed E-state index contributed by atoms with van der Waals surface area (Å²) in [7, 11) is 0. The minimum Gasteiger partial charge on any atom is -0.461 e. The molecule has 0 spiro atoms. The van der Waals surface area contributed by atoms with Gasteiger partial charge < -0.3 is 15.0 Å². The van der Waals surface area contributed by atoms with Crippen molar-refractivity contribution in [3.63, 3.8) is 0 Å². The average Bonchev–Trinajstić information content (AvgIpc) is 2.87. The molecule has 1 aromatic carbocycles. The van der Waals surface area contributed by atoms with Crippen LogP contribution in [0.5, 0.6) is 0 Å². The van der Waals surface area contributed by atoms with E-state index in [4.69, 9.17) is 10.5 Å². The van der Waals surface area contributed by atoms with E-state index in [1.165, 1.54) is 0 Å². The van der Waals surface area contributed by atoms with E-state index in [9.17, 15) is 9.59 Å². The number of ether oxygens (including phenoxy) is 1. The van der Waals surface area contributed by atoms with Gasteiger partial charge in [0.1, 0.15) is 5.69 Å². The topological polar surface area (TPSA) is 74.3 Å². The van der Waals surface area contributed by atoms with Crippen LogP contribution in [0.15, 0.2) is 42.6 Å². The molecule has 5 heteroatoms. The molecule has 0 unspecified atom stereocenters. The van der Waals surface area contributed by atoms with E-state index >= 15 is 0 Å². The van der Waals surface area contributed by atoms with Crippen molar-refractivity contribution in [2.75, 3.05) is 6.61 Å². The number of esters is 1. The Morgan fingerprint density at radius 2 is 1.95 bits per heavy atom. The molecule has 0 saturated carbocycles. The van der Waals surface area contributed by atoms with Crippen LogP contribution in [0.3, 0.4) is 0 Å². The number of carbonyl (C=O) groups excluding carboxylic acids is 2. The van der Waals surface area contributed by atoms with Crippen molar-refractivity contribution >= 4 is 11.9 Å². The van der Waals surface area contributed by atoms with Crippen molar-refractivity contribution < 1.29 is 14.3 Å². The quantitative estimate of drug-likeness (QED) is 0.843. The lowest BCUT2D eigenvalue weighted by Crippen LogP contribution is -2.17. The van der Waals surface area contributed by atoms with Crippen molar-refractivity contribution in [3.8, 4) is 0 Å². The van der Waals surface area contributed by atoms with Crippen LogP contribution >= 0.6 is 0 Å². The molecular formula is C15H16N2O3. The largest absolute Gasteiger partial charge is 0.461 e. The highest BCUT2D eigenvalue weighted by Gasteiger charge is 2.14. The summed E-state index contributed by atoms with van der Waals surface area (Å²) in [5.41, 5.74) is 7.02. The zero-order valence-electron chi connectivity index (χ0n) is 11.2. The number of nitrogens with two attached hydrogens (primary N) is 1. The van der Waals surface area contributed by atoms with E-state index in [0.717, 1.165) is 5.56 Å². The van der Waals surface area contributed by atoms with Gasteiger partial charge in [0.15, 0.2) is 0 Å². The van der Waals surface area contributed by atoms with Crippen LogP contribution in [-0.2, 0) is 11.3 Å². The zero-order valence-corrected chi connectivity index (χ0v) is 11.2. The molecule has 0 aliphatic heterocycles. The summed E-state index contributed by atoms with van der Waals surface area (Å²) in [4.78, 5) is 23.2. The SMILES string of the molecule is CCOC(=O)c1cccn1Cc1ccccc1C(N)=O. The van der Waals surface area contributed by atoms with Crippen LogP contribution in [0.1, 0.15) is 33.3 Å². The second-order valence-electron chi connectivity index (χ2n) is 4.26. The van der Waals surface area contributed by atoms with Crippen molar-refractivity contribution in [1.29, 1.82) is 0 Å². The van der Waals surface area contributed by atoms with Gasteiger partial charge in [0.2, 0.25) is 5.91 Å². The summed E-state index contributed by atoms with van der Waals surface area (Å²) < 4.78 is 6.73. The molecule has 1 aromatic heterocycles. The first-order valence-electron chi connectivity index (χ1n) is 6.33. The van der Waals surface area contributed by atoms with Crippen LogP contribution < -0.4 is 5.73 Å². The molecule has 2 aromatic rings. The molecule has 104 valence electrons. The van der Waals surface area contributed by atoms with Gasteiger partial charge in [-0.1, -0.05) is 18.2 Å². The van der Waals surface area contributed by atoms with Crippen molar-refractivity contribution in [1.82, 2.24) is 4.57 Å². The lowest BCUT2D eigenvalue weighted by Gasteiger charge is -2.11. The lowest BCUT2D eigenvalue weighted by molar-refractivity contribution is 0.0514. The highest BCUT2D eigenvalue weighted by molar-refractivity contribution is 5.94. The summed E-state index contributed by atoms with van der Waals surface area (Å²) in [6.07, 6.45) is 1.77. The van der Waals surface area contributed by atoms with E-state index < -0.39 is 5.91 Å². The molecule has 5 nitrogen and oxygen atoms in total. The number of hydrogen-bond donors (Lipinski definition) is 1. The average molecular weight is 272 g/mol. The van der Waals surface area contributed by atoms with Gasteiger partial charge in [-0.2, -0.15) is 0 Å². The molecule has 20 heavy (non-hydrogen) atoms. The third-order valence-electron chi connectivity index (χ3n) is 2.94. The molecule has 0 aliphatic carbocycles. The first kappa shape index (κ1) is 13.9. The minimum absolute atomic E-state index is 0.321. The summed E-state index contributed by atoms with van der Waals surface area (Å²) in [5.74, 6) is -0.862. The van der Waals surface area contributed by atoms with Gasteiger partial charge in [0.05, 0.1) is 6.61 Å². The Hall–Kier alpha value is -2.56. The van der Waals surface area contributed by atoms with Gasteiger partial charge in [-0.15, -0.1) is 0 Å². The number of nitrogens with zero attached hydrogens (tertiary/aromatic N) is 1. The van der Waals surface area contributed by atoms with Crippen LogP contribution in [0.25, 0.3) is 0 Å². The second-order valence-corrected chi connectivity index (χ2v) is 4.26. The Balaban J connectivity index is 2.30. The fraction of sp³-hybridized carbons (Fsp3) is 0.200. The molecule has 0 atom stereocenters. The number of carbonyl (C=O) groups is 2. The smallest absolute Gasteiger partial charge is 0.354 e. The van der Waals surface area contributed by atoms with E-state index in [1.807, 2.05) is 12.1 Å². The monoisotopic (exact) mass is 272 g/mol. The molecule has 2 N–H and O–H groups in total. The molecule has 0 bridgehead atoms. The molecule has 0 saturated heterocycles. The molecule has 0 radical (unpaired) electrons. The fourth-order valence-corrected chi connectivity index (χ4v) is 2.02. The van der Waals surface area contributed by atoms with Gasteiger partial charge in [-0.25, -0.2) is 4.79 Å². The van der Waals surface area contributed by atoms with Crippen molar-refractivity contribution in [2.24, 2.45) is 5.73 Å². The van der Waals surface area contributed by atoms with E-state index in [2.05, 4.69) is 0 Å². The van der Waals surface area contributed by atoms with Crippen LogP contribution in [0.2, 0.25) is 0 Å². The highest BCUT2D eigenvalue weighted by Crippen LogP contribution is 2.13. The van der Waals surface area contributed by atoms with Gasteiger partial charge in [0, 0.05) is 18.3 Å². The zero-order chi connectivity index (χ0) is 14.5. The molecule has 2 rings (SSSR count). The van der Waals surface area contributed by atoms with Gasteiger partial charge in [-0.05, 0) is 30.7 Å². The Kier molecular flexibility index (Phi) is 4.20. The Morgan fingerprint density at radius 1 is 1.20 bits per heavy atom. The number of hydrogen-bond acceptors (Lipinski definition) is 3. The minimum atomic E-state index is -0.481. The van der Waals surface area contributed by atoms with Crippen molar-refractivity contribution in [2.45, 2.75) is 13.5 Å². The third-order valence-corrected chi connectivity index (χ3v) is 2.94. The number of aromatic nitrogens is 1. The van der Waals surface area contributed by atoms with Crippen LogP contribution in [0.4, 0.5) is 0 Å². The predicted molar refractivity (Wildman–Crippen MR) is 74.5 cm³/mol. The number of primary amides is 1. The standard InChI is InChI=1S/C15H16N2O3/c1-2-20-15(19)13-8-5-9-17(13)10-11-6-3-4-7-12(11)14(16)18/h3-9H,2,10H2,1H3,(H2,16,18). The maximum atomic E-state index is 11.8. The van der Waals surface area contributed by atoms with E-state index in [0.29, 0.717) is 24.4 Å². The molecule has 1 amide bonds. The fourth-order valence-electron chi connectivity index (χ4n) is 2.02. The number of rotatable bonds is 5. The van der Waals surface area contributed by atoms with Crippen molar-refractivity contribution in [3.05, 3.63) is 59.4 Å². The van der Waals surface area contributed by atoms with Crippen LogP contribution in [0, 0.1) is 0 Å². The maximum absolute atomic E-state index is 11.8. The maximum Gasteiger partial charge on any atom is 0.354 e. The summed E-state index contributed by atoms with van der Waals surface area (Å²) in [6.45, 7) is 2.47. The van der Waals surface area contributed by atoms with E-state index in [1.54, 1.807) is 42.0 Å². The number of amides is 1. The lowest BCUT2D eigenvalue weighted by atomic mass is 10.1. The first-order valence-corrected chi connectivity index (χ1v) is 6.33. The Labute approximate surface area is 117 Å². The van der Waals surface area contributed by atoms with Gasteiger partial charge in [0.25, 0.3) is 0 Å². The van der Waals surface area contributed by atoms with Crippen LogP contribution in [-0.4, -0.2) is 23.1 Å². The highest BCUT2D eigenvalue weighted by atomic mass is 16.5. The van der Waals surface area contributed by atoms with E-state index in [-0.39, 0.29) is 5.97 Å². The second kappa shape index (κ2) is 6.06. The molecule has 0 fully saturated rings. The normalized spacial score (nSPS) is 10.2. The Morgan fingerprint density at radius 3 is 2.65 bits per heavy atom. The Bertz CT molecular complexity index is 632. The number of benzene rings is 1. The first-order chi connectivity index (χ1) is 9.63. The summed E-state index contributed by atoms with van der Waals surface area (Å²) >= 11 is 0.